The van der Waals surface area contributed by atoms with Crippen LogP contribution < -0.4 is 0 Å². The van der Waals surface area contributed by atoms with E-state index < -0.39 is 19.1 Å². The van der Waals surface area contributed by atoms with Crippen LogP contribution in [0.4, 0.5) is 8.78 Å². The highest BCUT2D eigenvalue weighted by Crippen LogP contribution is 2.07. The van der Waals surface area contributed by atoms with Crippen molar-refractivity contribution in [3.8, 4) is 0 Å². The minimum Gasteiger partial charge on any atom is -0.387 e. The molecular formula is C6H9F2N3O. The maximum Gasteiger partial charge on any atom is 0.257 e. The third-order valence-electron chi connectivity index (χ3n) is 1.31. The van der Waals surface area contributed by atoms with Crippen LogP contribution in [0.15, 0.2) is 6.20 Å². The monoisotopic (exact) mass is 177 g/mol. The number of nitrogens with zero attached hydrogens (tertiary/aromatic N) is 3. The maximum absolute atomic E-state index is 11.8. The van der Waals surface area contributed by atoms with E-state index in [2.05, 4.69) is 10.3 Å². The van der Waals surface area contributed by atoms with Gasteiger partial charge in [-0.3, -0.25) is 0 Å². The highest BCUT2D eigenvalue weighted by Gasteiger charge is 2.09. The van der Waals surface area contributed by atoms with Gasteiger partial charge in [0, 0.05) is 0 Å². The Kier molecular flexibility index (Phi) is 2.69. The van der Waals surface area contributed by atoms with E-state index in [-0.39, 0.29) is 0 Å². The molecule has 0 aliphatic heterocycles. The Labute approximate surface area is 67.8 Å². The van der Waals surface area contributed by atoms with Crippen LogP contribution in [0.2, 0.25) is 0 Å². The minimum absolute atomic E-state index is 0.302. The van der Waals surface area contributed by atoms with E-state index >= 15 is 0 Å². The van der Waals surface area contributed by atoms with Gasteiger partial charge in [-0.05, 0) is 6.92 Å². The minimum atomic E-state index is -2.45. The zero-order valence-corrected chi connectivity index (χ0v) is 6.48. The van der Waals surface area contributed by atoms with Crippen LogP contribution in [0.1, 0.15) is 18.7 Å². The summed E-state index contributed by atoms with van der Waals surface area (Å²) in [5.74, 6) is 0. The fraction of sp³-hybridized carbons (Fsp3) is 0.667. The summed E-state index contributed by atoms with van der Waals surface area (Å²) in [5.41, 5.74) is 0.302. The first-order chi connectivity index (χ1) is 5.59. The van der Waals surface area contributed by atoms with Gasteiger partial charge in [-0.2, -0.15) is 0 Å². The molecule has 0 radical (unpaired) electrons. The molecule has 0 spiro atoms. The summed E-state index contributed by atoms with van der Waals surface area (Å²) in [6.45, 7) is 1.01. The Morgan fingerprint density at radius 1 is 1.67 bits per heavy atom. The molecule has 1 aromatic heterocycles. The van der Waals surface area contributed by atoms with E-state index in [1.807, 2.05) is 0 Å². The summed E-state index contributed by atoms with van der Waals surface area (Å²) in [6.07, 6.45) is -1.92. The molecule has 0 bridgehead atoms. The third kappa shape index (κ3) is 2.23. The van der Waals surface area contributed by atoms with Crippen molar-refractivity contribution in [1.82, 2.24) is 15.0 Å². The van der Waals surface area contributed by atoms with Crippen molar-refractivity contribution < 1.29 is 13.9 Å². The largest absolute Gasteiger partial charge is 0.387 e. The lowest BCUT2D eigenvalue weighted by Crippen LogP contribution is -2.06. The van der Waals surface area contributed by atoms with Crippen LogP contribution in [0.3, 0.4) is 0 Å². The number of hydrogen-bond acceptors (Lipinski definition) is 3. The van der Waals surface area contributed by atoms with Gasteiger partial charge in [0.25, 0.3) is 6.43 Å². The first-order valence-electron chi connectivity index (χ1n) is 3.46. The molecule has 0 unspecified atom stereocenters. The van der Waals surface area contributed by atoms with E-state index in [1.165, 1.54) is 13.1 Å². The maximum atomic E-state index is 11.8. The Balaban J connectivity index is 2.64. The lowest BCUT2D eigenvalue weighted by atomic mass is 10.3. The van der Waals surface area contributed by atoms with Gasteiger partial charge in [0.2, 0.25) is 0 Å². The lowest BCUT2D eigenvalue weighted by Gasteiger charge is -1.97. The zero-order valence-electron chi connectivity index (χ0n) is 6.48. The van der Waals surface area contributed by atoms with Gasteiger partial charge in [0.1, 0.15) is 12.2 Å². The first-order valence-corrected chi connectivity index (χ1v) is 3.46. The molecule has 68 valence electrons. The quantitative estimate of drug-likeness (QED) is 0.735. The summed E-state index contributed by atoms with van der Waals surface area (Å²) in [7, 11) is 0. The predicted molar refractivity (Wildman–Crippen MR) is 36.7 cm³/mol. The molecule has 0 fully saturated rings. The lowest BCUT2D eigenvalue weighted by molar-refractivity contribution is 0.121. The van der Waals surface area contributed by atoms with Gasteiger partial charge in [-0.25, -0.2) is 13.5 Å². The molecule has 0 saturated carbocycles. The van der Waals surface area contributed by atoms with Crippen LogP contribution in [0.25, 0.3) is 0 Å². The average Bonchev–Trinajstić information content (AvgIpc) is 2.34. The van der Waals surface area contributed by atoms with Crippen LogP contribution in [-0.2, 0) is 6.54 Å². The highest BCUT2D eigenvalue weighted by molar-refractivity contribution is 4.95. The van der Waals surface area contributed by atoms with Crippen molar-refractivity contribution in [3.63, 3.8) is 0 Å². The second-order valence-corrected chi connectivity index (χ2v) is 2.43. The Morgan fingerprint density at radius 3 is 2.75 bits per heavy atom. The van der Waals surface area contributed by atoms with Crippen LogP contribution in [0, 0.1) is 0 Å². The molecule has 1 heterocycles. The number of rotatable bonds is 3. The summed E-state index contributed by atoms with van der Waals surface area (Å²) >= 11 is 0. The second kappa shape index (κ2) is 3.57. The van der Waals surface area contributed by atoms with E-state index in [0.717, 1.165) is 4.68 Å². The number of aliphatic hydroxyl groups excluding tert-OH is 1. The molecular weight excluding hydrogens is 168 g/mol. The number of hydrogen-bond donors (Lipinski definition) is 1. The Morgan fingerprint density at radius 2 is 2.33 bits per heavy atom. The summed E-state index contributed by atoms with van der Waals surface area (Å²) in [4.78, 5) is 0. The number of aromatic nitrogens is 3. The fourth-order valence-corrected chi connectivity index (χ4v) is 0.735. The predicted octanol–water partition coefficient (Wildman–Crippen LogP) is 0.597. The Hall–Kier alpha value is -1.04. The smallest absolute Gasteiger partial charge is 0.257 e. The van der Waals surface area contributed by atoms with Crippen molar-refractivity contribution in [1.29, 1.82) is 0 Å². The van der Waals surface area contributed by atoms with E-state index in [4.69, 9.17) is 5.11 Å². The molecule has 4 nitrogen and oxygen atoms in total. The van der Waals surface area contributed by atoms with Crippen LogP contribution in [-0.4, -0.2) is 26.5 Å². The molecule has 0 aromatic carbocycles. The molecule has 1 atom stereocenters. The van der Waals surface area contributed by atoms with Gasteiger partial charge in [-0.1, -0.05) is 5.21 Å². The SMILES string of the molecule is C[C@@H](O)c1cn(CC(F)F)nn1. The summed E-state index contributed by atoms with van der Waals surface area (Å²) < 4.78 is 24.6. The van der Waals surface area contributed by atoms with Crippen LogP contribution in [0.5, 0.6) is 0 Å². The standard InChI is InChI=1S/C6H9F2N3O/c1-4(12)5-2-11(10-9-5)3-6(7)8/h2,4,6,12H,3H2,1H3/t4-/m1/s1. The number of aliphatic hydroxyl groups is 1. The van der Waals surface area contributed by atoms with Gasteiger partial charge < -0.3 is 5.11 Å². The van der Waals surface area contributed by atoms with Gasteiger partial charge >= 0.3 is 0 Å². The third-order valence-corrected chi connectivity index (χ3v) is 1.31. The van der Waals surface area contributed by atoms with Gasteiger partial charge in [0.15, 0.2) is 0 Å². The van der Waals surface area contributed by atoms with Crippen molar-refractivity contribution in [2.75, 3.05) is 0 Å². The molecule has 1 aromatic rings. The second-order valence-electron chi connectivity index (χ2n) is 2.43. The Bertz CT molecular complexity index is 249. The van der Waals surface area contributed by atoms with Crippen molar-refractivity contribution >= 4 is 0 Å². The van der Waals surface area contributed by atoms with Crippen LogP contribution >= 0.6 is 0 Å². The summed E-state index contributed by atoms with van der Waals surface area (Å²) in [5, 5.41) is 15.9. The molecule has 0 aliphatic carbocycles. The van der Waals surface area contributed by atoms with E-state index in [0.29, 0.717) is 5.69 Å². The number of halogens is 2. The van der Waals surface area contributed by atoms with E-state index in [9.17, 15) is 8.78 Å². The molecule has 1 rings (SSSR count). The highest BCUT2D eigenvalue weighted by atomic mass is 19.3. The zero-order chi connectivity index (χ0) is 9.14. The molecule has 12 heavy (non-hydrogen) atoms. The first kappa shape index (κ1) is 9.05. The summed E-state index contributed by atoms with van der Waals surface area (Å²) in [6, 6.07) is 0. The van der Waals surface area contributed by atoms with Gasteiger partial charge in [0.05, 0.1) is 12.3 Å². The van der Waals surface area contributed by atoms with Crippen molar-refractivity contribution in [2.45, 2.75) is 26.0 Å². The molecule has 6 heteroatoms. The van der Waals surface area contributed by atoms with E-state index in [1.54, 1.807) is 0 Å². The van der Waals surface area contributed by atoms with Crippen molar-refractivity contribution in [3.05, 3.63) is 11.9 Å². The normalized spacial score (nSPS) is 13.8. The topological polar surface area (TPSA) is 50.9 Å². The molecule has 1 N–H and O–H groups in total. The number of alkyl halides is 2. The molecule has 0 aliphatic rings. The average molecular weight is 177 g/mol. The van der Waals surface area contributed by atoms with Crippen molar-refractivity contribution in [2.24, 2.45) is 0 Å². The fourth-order valence-electron chi connectivity index (χ4n) is 0.735. The molecule has 0 amide bonds. The molecule has 0 saturated heterocycles. The van der Waals surface area contributed by atoms with Gasteiger partial charge in [-0.15, -0.1) is 5.10 Å².